The van der Waals surface area contributed by atoms with E-state index in [1.807, 2.05) is 25.1 Å². The van der Waals surface area contributed by atoms with E-state index in [0.717, 1.165) is 12.1 Å². The van der Waals surface area contributed by atoms with Gasteiger partial charge in [0.25, 0.3) is 5.91 Å². The molecule has 4 N–H and O–H groups in total. The minimum atomic E-state index is -0.332. The molecule has 1 aromatic rings. The summed E-state index contributed by atoms with van der Waals surface area (Å²) in [5, 5.41) is 12.0. The Balaban J connectivity index is 2.68. The maximum atomic E-state index is 12.1. The summed E-state index contributed by atoms with van der Waals surface area (Å²) in [6, 6.07) is 5.29. The molecule has 19 heavy (non-hydrogen) atoms. The van der Waals surface area contributed by atoms with Crippen molar-refractivity contribution in [2.24, 2.45) is 0 Å². The Labute approximate surface area is 114 Å². The van der Waals surface area contributed by atoms with Gasteiger partial charge in [-0.3, -0.25) is 4.79 Å². The topological polar surface area (TPSA) is 78.6 Å². The number of hydrogen-bond donors (Lipinski definition) is 3. The van der Waals surface area contributed by atoms with E-state index in [-0.39, 0.29) is 12.0 Å². The van der Waals surface area contributed by atoms with Crippen LogP contribution in [-0.4, -0.2) is 37.8 Å². The normalized spacial score (nSPS) is 12.0. The average Bonchev–Trinajstić information content (AvgIpc) is 2.33. The van der Waals surface area contributed by atoms with Gasteiger partial charge in [0, 0.05) is 32.0 Å². The van der Waals surface area contributed by atoms with Gasteiger partial charge in [0.05, 0.1) is 11.7 Å². The molecule has 0 aromatic heterocycles. The lowest BCUT2D eigenvalue weighted by Gasteiger charge is -2.17. The lowest BCUT2D eigenvalue weighted by molar-refractivity contribution is 0.0950. The van der Waals surface area contributed by atoms with Crippen LogP contribution >= 0.6 is 0 Å². The highest BCUT2D eigenvalue weighted by Gasteiger charge is 2.12. The molecule has 5 nitrogen and oxygen atoms in total. The molecule has 1 aromatic carbocycles. The van der Waals surface area contributed by atoms with E-state index in [1.165, 1.54) is 0 Å². The van der Waals surface area contributed by atoms with Gasteiger partial charge in [0.15, 0.2) is 0 Å². The van der Waals surface area contributed by atoms with E-state index in [4.69, 9.17) is 10.8 Å². The van der Waals surface area contributed by atoms with Crippen LogP contribution in [0.2, 0.25) is 0 Å². The zero-order valence-corrected chi connectivity index (χ0v) is 11.8. The van der Waals surface area contributed by atoms with Gasteiger partial charge in [-0.2, -0.15) is 0 Å². The molecule has 0 fully saturated rings. The van der Waals surface area contributed by atoms with E-state index in [2.05, 4.69) is 5.32 Å². The van der Waals surface area contributed by atoms with Crippen LogP contribution in [0.3, 0.4) is 0 Å². The van der Waals surface area contributed by atoms with Crippen molar-refractivity contribution in [1.29, 1.82) is 0 Å². The van der Waals surface area contributed by atoms with Crippen LogP contribution in [0.15, 0.2) is 18.2 Å². The number of carbonyl (C=O) groups excluding carboxylic acids is 1. The summed E-state index contributed by atoms with van der Waals surface area (Å²) in [5.41, 5.74) is 7.70. The third kappa shape index (κ3) is 4.79. The van der Waals surface area contributed by atoms with Crippen molar-refractivity contribution in [3.63, 3.8) is 0 Å². The molecule has 0 bridgehead atoms. The number of nitrogens with zero attached hydrogens (tertiary/aromatic N) is 1. The monoisotopic (exact) mass is 265 g/mol. The first-order chi connectivity index (χ1) is 8.91. The van der Waals surface area contributed by atoms with Crippen LogP contribution in [0.25, 0.3) is 0 Å². The Kier molecular flexibility index (Phi) is 5.63. The number of nitrogens with two attached hydrogens (primary N) is 1. The van der Waals surface area contributed by atoms with E-state index in [0.29, 0.717) is 24.2 Å². The van der Waals surface area contributed by atoms with Crippen molar-refractivity contribution in [2.75, 3.05) is 31.3 Å². The Morgan fingerprint density at radius 3 is 2.74 bits per heavy atom. The highest BCUT2D eigenvalue weighted by atomic mass is 16.3. The predicted octanol–water partition coefficient (Wildman–Crippen LogP) is 1.23. The number of rotatable bonds is 6. The van der Waals surface area contributed by atoms with E-state index in [9.17, 15) is 4.79 Å². The second kappa shape index (κ2) is 6.99. The number of aliphatic hydroxyl groups is 1. The lowest BCUT2D eigenvalue weighted by Crippen LogP contribution is -2.27. The van der Waals surface area contributed by atoms with Gasteiger partial charge in [0.1, 0.15) is 0 Å². The van der Waals surface area contributed by atoms with Gasteiger partial charge < -0.3 is 21.1 Å². The van der Waals surface area contributed by atoms with Crippen molar-refractivity contribution in [2.45, 2.75) is 25.9 Å². The maximum Gasteiger partial charge on any atom is 0.253 e. The zero-order valence-electron chi connectivity index (χ0n) is 11.8. The first-order valence-electron chi connectivity index (χ1n) is 6.45. The molecular weight excluding hydrogens is 242 g/mol. The SMILES string of the molecule is CC(O)CCCNC(=O)c1cc(N)ccc1N(C)C. The Bertz CT molecular complexity index is 431. The second-order valence-corrected chi connectivity index (χ2v) is 4.92. The number of anilines is 2. The van der Waals surface area contributed by atoms with Crippen molar-refractivity contribution in [3.8, 4) is 0 Å². The number of nitrogens with one attached hydrogen (secondary N) is 1. The van der Waals surface area contributed by atoms with Crippen LogP contribution < -0.4 is 16.0 Å². The maximum absolute atomic E-state index is 12.1. The summed E-state index contributed by atoms with van der Waals surface area (Å²) < 4.78 is 0. The molecule has 0 aliphatic carbocycles. The molecule has 1 rings (SSSR count). The fourth-order valence-corrected chi connectivity index (χ4v) is 1.82. The summed E-state index contributed by atoms with van der Waals surface area (Å²) >= 11 is 0. The second-order valence-electron chi connectivity index (χ2n) is 4.92. The van der Waals surface area contributed by atoms with Gasteiger partial charge in [-0.25, -0.2) is 0 Å². The third-order valence-corrected chi connectivity index (χ3v) is 2.83. The third-order valence-electron chi connectivity index (χ3n) is 2.83. The highest BCUT2D eigenvalue weighted by Crippen LogP contribution is 2.21. The van der Waals surface area contributed by atoms with Crippen LogP contribution in [0.4, 0.5) is 11.4 Å². The minimum Gasteiger partial charge on any atom is -0.399 e. The fourth-order valence-electron chi connectivity index (χ4n) is 1.82. The molecular formula is C14H23N3O2. The van der Waals surface area contributed by atoms with E-state index < -0.39 is 0 Å². The minimum absolute atomic E-state index is 0.137. The lowest BCUT2D eigenvalue weighted by atomic mass is 10.1. The first kappa shape index (κ1) is 15.3. The van der Waals surface area contributed by atoms with Gasteiger partial charge in [-0.15, -0.1) is 0 Å². The zero-order chi connectivity index (χ0) is 14.4. The van der Waals surface area contributed by atoms with Crippen molar-refractivity contribution < 1.29 is 9.90 Å². The summed E-state index contributed by atoms with van der Waals surface area (Å²) in [6.45, 7) is 2.29. The molecule has 1 atom stereocenters. The van der Waals surface area contributed by atoms with Gasteiger partial charge in [-0.05, 0) is 38.0 Å². The number of carbonyl (C=O) groups is 1. The highest BCUT2D eigenvalue weighted by molar-refractivity contribution is 6.00. The van der Waals surface area contributed by atoms with Crippen molar-refractivity contribution in [1.82, 2.24) is 5.32 Å². The van der Waals surface area contributed by atoms with Crippen molar-refractivity contribution in [3.05, 3.63) is 23.8 Å². The molecule has 0 spiro atoms. The summed E-state index contributed by atoms with van der Waals surface area (Å²) in [6.07, 6.45) is 1.10. The molecule has 0 radical (unpaired) electrons. The van der Waals surface area contributed by atoms with Crippen LogP contribution in [0, 0.1) is 0 Å². The number of amides is 1. The molecule has 0 saturated heterocycles. The first-order valence-corrected chi connectivity index (χ1v) is 6.45. The molecule has 0 aliphatic heterocycles. The van der Waals surface area contributed by atoms with Gasteiger partial charge in [0.2, 0.25) is 0 Å². The predicted molar refractivity (Wildman–Crippen MR) is 78.4 cm³/mol. The van der Waals surface area contributed by atoms with Crippen LogP contribution in [-0.2, 0) is 0 Å². The fraction of sp³-hybridized carbons (Fsp3) is 0.500. The molecule has 0 heterocycles. The molecule has 5 heteroatoms. The molecule has 106 valence electrons. The van der Waals surface area contributed by atoms with Crippen LogP contribution in [0.1, 0.15) is 30.1 Å². The molecule has 0 aliphatic rings. The Morgan fingerprint density at radius 1 is 1.47 bits per heavy atom. The quantitative estimate of drug-likeness (QED) is 0.534. The Morgan fingerprint density at radius 2 is 2.16 bits per heavy atom. The van der Waals surface area contributed by atoms with Crippen molar-refractivity contribution >= 4 is 17.3 Å². The van der Waals surface area contributed by atoms with Gasteiger partial charge >= 0.3 is 0 Å². The molecule has 1 amide bonds. The summed E-state index contributed by atoms with van der Waals surface area (Å²) in [4.78, 5) is 14.0. The van der Waals surface area contributed by atoms with E-state index in [1.54, 1.807) is 19.1 Å². The number of aliphatic hydroxyl groups excluding tert-OH is 1. The Hall–Kier alpha value is -1.75. The number of nitrogen functional groups attached to an aromatic ring is 1. The number of hydrogen-bond acceptors (Lipinski definition) is 4. The summed E-state index contributed by atoms with van der Waals surface area (Å²) in [7, 11) is 3.77. The summed E-state index contributed by atoms with van der Waals surface area (Å²) in [5.74, 6) is -0.137. The largest absolute Gasteiger partial charge is 0.399 e. The molecule has 0 saturated carbocycles. The average molecular weight is 265 g/mol. The smallest absolute Gasteiger partial charge is 0.253 e. The van der Waals surface area contributed by atoms with Gasteiger partial charge in [-0.1, -0.05) is 0 Å². The number of benzene rings is 1. The standard InChI is InChI=1S/C14H23N3O2/c1-10(18)5-4-8-16-14(19)12-9-11(15)6-7-13(12)17(2)3/h6-7,9-10,18H,4-5,8,15H2,1-3H3,(H,16,19). The van der Waals surface area contributed by atoms with Crippen LogP contribution in [0.5, 0.6) is 0 Å². The molecule has 1 unspecified atom stereocenters. The van der Waals surface area contributed by atoms with E-state index >= 15 is 0 Å².